The highest BCUT2D eigenvalue weighted by Gasteiger charge is 2.58. The lowest BCUT2D eigenvalue weighted by Gasteiger charge is -2.49. The van der Waals surface area contributed by atoms with Gasteiger partial charge in [0, 0.05) is 6.54 Å². The number of rotatable bonds is 5. The lowest BCUT2D eigenvalue weighted by molar-refractivity contribution is -0.162. The Morgan fingerprint density at radius 1 is 1.21 bits per heavy atom. The maximum Gasteiger partial charge on any atom is 0.248 e. The quantitative estimate of drug-likeness (QED) is 0.775. The van der Waals surface area contributed by atoms with Crippen molar-refractivity contribution >= 4 is 11.8 Å². The van der Waals surface area contributed by atoms with Crippen molar-refractivity contribution in [1.82, 2.24) is 10.2 Å². The van der Waals surface area contributed by atoms with E-state index in [1.54, 1.807) is 13.8 Å². The summed E-state index contributed by atoms with van der Waals surface area (Å²) in [5.41, 5.74) is -1.39. The van der Waals surface area contributed by atoms with E-state index in [0.29, 0.717) is 12.5 Å². The van der Waals surface area contributed by atoms with Crippen molar-refractivity contribution in [2.75, 3.05) is 6.54 Å². The molecule has 1 aliphatic heterocycles. The predicted molar refractivity (Wildman–Crippen MR) is 74.6 cm³/mol. The maximum atomic E-state index is 12.6. The minimum absolute atomic E-state index is 0.0242. The lowest BCUT2D eigenvalue weighted by atomic mass is 9.84. The van der Waals surface area contributed by atoms with Gasteiger partial charge in [-0.2, -0.15) is 0 Å². The van der Waals surface area contributed by atoms with Crippen molar-refractivity contribution in [1.29, 1.82) is 0 Å². The standard InChI is InChI=1S/C15H26N2O2/c1-5-6-7-10-17-13(19)14(2,3)16-12(18)15(17,4)11-8-9-11/h11H,5-10H2,1-4H3,(H,16,18). The molecule has 1 N–H and O–H groups in total. The van der Waals surface area contributed by atoms with Gasteiger partial charge in [0.2, 0.25) is 11.8 Å². The summed E-state index contributed by atoms with van der Waals surface area (Å²) >= 11 is 0. The van der Waals surface area contributed by atoms with Crippen LogP contribution in [0.5, 0.6) is 0 Å². The summed E-state index contributed by atoms with van der Waals surface area (Å²) in [6, 6.07) is 0. The fourth-order valence-electron chi connectivity index (χ4n) is 3.04. The number of hydrogen-bond donors (Lipinski definition) is 1. The number of piperazine rings is 1. The fraction of sp³-hybridized carbons (Fsp3) is 0.867. The minimum Gasteiger partial charge on any atom is -0.340 e. The monoisotopic (exact) mass is 266 g/mol. The third-order valence-electron chi connectivity index (χ3n) is 4.58. The van der Waals surface area contributed by atoms with Crippen LogP contribution in [0.15, 0.2) is 0 Å². The van der Waals surface area contributed by atoms with Crippen molar-refractivity contribution in [3.63, 3.8) is 0 Å². The first-order chi connectivity index (χ1) is 8.84. The van der Waals surface area contributed by atoms with Gasteiger partial charge in [-0.05, 0) is 46.0 Å². The van der Waals surface area contributed by atoms with Gasteiger partial charge in [-0.3, -0.25) is 9.59 Å². The predicted octanol–water partition coefficient (Wildman–Crippen LogP) is 2.08. The van der Waals surface area contributed by atoms with Crippen molar-refractivity contribution < 1.29 is 9.59 Å². The summed E-state index contributed by atoms with van der Waals surface area (Å²) in [4.78, 5) is 27.0. The second-order valence-electron chi connectivity index (χ2n) is 6.66. The van der Waals surface area contributed by atoms with E-state index in [4.69, 9.17) is 0 Å². The van der Waals surface area contributed by atoms with Crippen LogP contribution in [-0.4, -0.2) is 34.3 Å². The molecule has 0 bridgehead atoms. The Morgan fingerprint density at radius 3 is 2.37 bits per heavy atom. The van der Waals surface area contributed by atoms with Gasteiger partial charge in [-0.25, -0.2) is 0 Å². The van der Waals surface area contributed by atoms with Gasteiger partial charge in [0.15, 0.2) is 0 Å². The number of nitrogens with one attached hydrogen (secondary N) is 1. The molecule has 4 nitrogen and oxygen atoms in total. The van der Waals surface area contributed by atoms with E-state index < -0.39 is 11.1 Å². The van der Waals surface area contributed by atoms with Gasteiger partial charge in [-0.15, -0.1) is 0 Å². The number of amides is 2. The smallest absolute Gasteiger partial charge is 0.248 e. The third kappa shape index (κ3) is 2.37. The molecule has 108 valence electrons. The Balaban J connectivity index is 2.23. The molecule has 4 heteroatoms. The molecule has 0 radical (unpaired) electrons. The number of hydrogen-bond acceptors (Lipinski definition) is 2. The summed E-state index contributed by atoms with van der Waals surface area (Å²) in [5, 5.41) is 2.91. The topological polar surface area (TPSA) is 49.4 Å². The zero-order valence-corrected chi connectivity index (χ0v) is 12.6. The zero-order chi connectivity index (χ0) is 14.3. The number of carbonyl (C=O) groups excluding carboxylic acids is 2. The second kappa shape index (κ2) is 4.80. The molecule has 0 aromatic rings. The molecule has 1 saturated heterocycles. The van der Waals surface area contributed by atoms with Crippen LogP contribution in [-0.2, 0) is 9.59 Å². The molecule has 2 fully saturated rings. The van der Waals surface area contributed by atoms with Crippen LogP contribution in [0.1, 0.15) is 59.8 Å². The van der Waals surface area contributed by atoms with Gasteiger partial charge in [-0.1, -0.05) is 19.8 Å². The number of nitrogens with zero attached hydrogens (tertiary/aromatic N) is 1. The first kappa shape index (κ1) is 14.4. The third-order valence-corrected chi connectivity index (χ3v) is 4.58. The van der Waals surface area contributed by atoms with E-state index >= 15 is 0 Å². The molecule has 2 rings (SSSR count). The van der Waals surface area contributed by atoms with Crippen molar-refractivity contribution in [2.24, 2.45) is 5.92 Å². The largest absolute Gasteiger partial charge is 0.340 e. The molecule has 1 unspecified atom stereocenters. The van der Waals surface area contributed by atoms with Crippen LogP contribution in [0.2, 0.25) is 0 Å². The number of unbranched alkanes of at least 4 members (excludes halogenated alkanes) is 2. The molecule has 2 amide bonds. The van der Waals surface area contributed by atoms with E-state index in [0.717, 1.165) is 32.1 Å². The Kier molecular flexibility index (Phi) is 3.63. The average Bonchev–Trinajstić information content (AvgIpc) is 3.15. The molecule has 2 aliphatic rings. The van der Waals surface area contributed by atoms with E-state index in [1.165, 1.54) is 0 Å². The van der Waals surface area contributed by atoms with Crippen molar-refractivity contribution in [2.45, 2.75) is 70.9 Å². The lowest BCUT2D eigenvalue weighted by Crippen LogP contribution is -2.74. The highest BCUT2D eigenvalue weighted by molar-refractivity contribution is 6.02. The van der Waals surface area contributed by atoms with Gasteiger partial charge in [0.1, 0.15) is 11.1 Å². The highest BCUT2D eigenvalue weighted by atomic mass is 16.2. The Morgan fingerprint density at radius 2 is 1.84 bits per heavy atom. The van der Waals surface area contributed by atoms with E-state index in [9.17, 15) is 9.59 Å². The highest BCUT2D eigenvalue weighted by Crippen LogP contribution is 2.45. The van der Waals surface area contributed by atoms with E-state index in [1.807, 2.05) is 11.8 Å². The second-order valence-corrected chi connectivity index (χ2v) is 6.66. The maximum absolute atomic E-state index is 12.6. The molecule has 0 spiro atoms. The average molecular weight is 266 g/mol. The van der Waals surface area contributed by atoms with Crippen LogP contribution in [0.25, 0.3) is 0 Å². The van der Waals surface area contributed by atoms with E-state index in [-0.39, 0.29) is 11.8 Å². The summed E-state index contributed by atoms with van der Waals surface area (Å²) in [6.45, 7) is 8.39. The van der Waals surface area contributed by atoms with Crippen LogP contribution < -0.4 is 5.32 Å². The Hall–Kier alpha value is -1.06. The SMILES string of the molecule is CCCCCN1C(=O)C(C)(C)NC(=O)C1(C)C1CC1. The minimum atomic E-state index is -0.766. The summed E-state index contributed by atoms with van der Waals surface area (Å²) < 4.78 is 0. The van der Waals surface area contributed by atoms with Crippen LogP contribution >= 0.6 is 0 Å². The normalized spacial score (nSPS) is 30.4. The Labute approximate surface area is 115 Å². The molecular formula is C15H26N2O2. The van der Waals surface area contributed by atoms with E-state index in [2.05, 4.69) is 12.2 Å². The fourth-order valence-corrected chi connectivity index (χ4v) is 3.04. The zero-order valence-electron chi connectivity index (χ0n) is 12.6. The number of carbonyl (C=O) groups is 2. The molecule has 19 heavy (non-hydrogen) atoms. The molecule has 0 aromatic carbocycles. The van der Waals surface area contributed by atoms with Crippen LogP contribution in [0.4, 0.5) is 0 Å². The van der Waals surface area contributed by atoms with Crippen molar-refractivity contribution in [3.05, 3.63) is 0 Å². The summed E-state index contributed by atoms with van der Waals surface area (Å²) in [6.07, 6.45) is 5.32. The van der Waals surface area contributed by atoms with Gasteiger partial charge in [0.05, 0.1) is 0 Å². The van der Waals surface area contributed by atoms with Gasteiger partial charge in [0.25, 0.3) is 0 Å². The Bertz CT molecular complexity index is 388. The van der Waals surface area contributed by atoms with Crippen LogP contribution in [0, 0.1) is 5.92 Å². The van der Waals surface area contributed by atoms with Crippen molar-refractivity contribution in [3.8, 4) is 0 Å². The molecule has 1 aliphatic carbocycles. The summed E-state index contributed by atoms with van der Waals surface area (Å²) in [7, 11) is 0. The molecule has 0 aromatic heterocycles. The van der Waals surface area contributed by atoms with Gasteiger partial charge < -0.3 is 10.2 Å². The summed E-state index contributed by atoms with van der Waals surface area (Å²) in [5.74, 6) is 0.433. The molecule has 1 saturated carbocycles. The van der Waals surface area contributed by atoms with Gasteiger partial charge >= 0.3 is 0 Å². The first-order valence-electron chi connectivity index (χ1n) is 7.48. The molecular weight excluding hydrogens is 240 g/mol. The van der Waals surface area contributed by atoms with Crippen LogP contribution in [0.3, 0.4) is 0 Å². The molecule has 1 atom stereocenters. The first-order valence-corrected chi connectivity index (χ1v) is 7.48. The molecule has 1 heterocycles.